The molecule has 7 nitrogen and oxygen atoms in total. The van der Waals surface area contributed by atoms with Gasteiger partial charge in [0.1, 0.15) is 17.0 Å². The van der Waals surface area contributed by atoms with Crippen molar-refractivity contribution in [3.8, 4) is 6.07 Å². The van der Waals surface area contributed by atoms with Crippen LogP contribution in [0.4, 0.5) is 5.69 Å². The fourth-order valence-electron chi connectivity index (χ4n) is 3.62. The third-order valence-corrected chi connectivity index (χ3v) is 5.66. The van der Waals surface area contributed by atoms with E-state index in [2.05, 4.69) is 26.3 Å². The number of rotatable bonds is 5. The second-order valence-corrected chi connectivity index (χ2v) is 8.07. The minimum atomic E-state index is -0.196. The Balaban J connectivity index is 1.76. The summed E-state index contributed by atoms with van der Waals surface area (Å²) in [7, 11) is 1.75. The lowest BCUT2D eigenvalue weighted by atomic mass is 10.00. The quantitative estimate of drug-likeness (QED) is 0.460. The Bertz CT molecular complexity index is 1410. The normalized spacial score (nSPS) is 11.8. The number of hydrogen-bond donors (Lipinski definition) is 1. The molecule has 32 heavy (non-hydrogen) atoms. The molecule has 0 saturated carbocycles. The topological polar surface area (TPSA) is 96.5 Å². The molecule has 4 rings (SSSR count). The van der Waals surface area contributed by atoms with Crippen LogP contribution in [0.5, 0.6) is 0 Å². The van der Waals surface area contributed by atoms with Crippen molar-refractivity contribution in [1.82, 2.24) is 19.5 Å². The van der Waals surface area contributed by atoms with Crippen molar-refractivity contribution in [2.45, 2.75) is 26.3 Å². The number of anilines is 1. The molecule has 0 aliphatic carbocycles. The van der Waals surface area contributed by atoms with Gasteiger partial charge < -0.3 is 9.88 Å². The van der Waals surface area contributed by atoms with Gasteiger partial charge in [0, 0.05) is 42.8 Å². The molecule has 3 heterocycles. The molecule has 0 saturated heterocycles. The summed E-state index contributed by atoms with van der Waals surface area (Å²) in [5.74, 6) is 0.644. The van der Waals surface area contributed by atoms with Crippen LogP contribution in [0.25, 0.3) is 10.9 Å². The van der Waals surface area contributed by atoms with Crippen molar-refractivity contribution >= 4 is 28.2 Å². The van der Waals surface area contributed by atoms with Crippen LogP contribution in [0.1, 0.15) is 41.0 Å². The van der Waals surface area contributed by atoms with Crippen LogP contribution in [-0.4, -0.2) is 19.5 Å². The number of aromatic nitrogens is 4. The SMILES string of the molecule is Cc1cnc(C(C)Nc2cc(=O)n(C)c3ccc(Cc4ccnc(Cl)c4C#N)cc23)nc1. The predicted molar refractivity (Wildman–Crippen MR) is 125 cm³/mol. The number of nitriles is 1. The summed E-state index contributed by atoms with van der Waals surface area (Å²) >= 11 is 6.09. The Hall–Kier alpha value is -3.76. The highest BCUT2D eigenvalue weighted by molar-refractivity contribution is 6.30. The third kappa shape index (κ3) is 4.18. The summed E-state index contributed by atoms with van der Waals surface area (Å²) < 4.78 is 1.61. The van der Waals surface area contributed by atoms with Gasteiger partial charge in [0.05, 0.1) is 17.1 Å². The molecule has 1 N–H and O–H groups in total. The van der Waals surface area contributed by atoms with E-state index in [-0.39, 0.29) is 16.8 Å². The maximum atomic E-state index is 12.5. The minimum absolute atomic E-state index is 0.113. The number of halogens is 1. The number of nitrogens with zero attached hydrogens (tertiary/aromatic N) is 5. The van der Waals surface area contributed by atoms with Crippen LogP contribution in [0.3, 0.4) is 0 Å². The molecule has 0 aliphatic rings. The number of pyridine rings is 2. The fourth-order valence-corrected chi connectivity index (χ4v) is 3.84. The summed E-state index contributed by atoms with van der Waals surface area (Å²) in [6.45, 7) is 3.89. The molecular formula is C24H21ClN6O. The van der Waals surface area contributed by atoms with Crippen molar-refractivity contribution in [2.24, 2.45) is 7.05 Å². The standard InChI is InChI=1S/C24H21ClN6O/c1-14-12-28-24(29-13-14)15(2)30-20-10-22(32)31(3)21-5-4-16(9-18(20)21)8-17-6-7-27-23(25)19(17)11-26/h4-7,9-10,12-13,15,30H,8H2,1-3H3. The van der Waals surface area contributed by atoms with Crippen LogP contribution < -0.4 is 10.9 Å². The molecule has 4 aromatic rings. The lowest BCUT2D eigenvalue weighted by Crippen LogP contribution is -2.19. The first-order chi connectivity index (χ1) is 15.4. The molecular weight excluding hydrogens is 424 g/mol. The molecule has 1 atom stereocenters. The zero-order valence-electron chi connectivity index (χ0n) is 17.9. The molecule has 160 valence electrons. The minimum Gasteiger partial charge on any atom is -0.375 e. The Morgan fingerprint density at radius 2 is 1.94 bits per heavy atom. The fraction of sp³-hybridized carbons (Fsp3) is 0.208. The van der Waals surface area contributed by atoms with Crippen molar-refractivity contribution in [1.29, 1.82) is 5.26 Å². The second kappa shape index (κ2) is 8.77. The third-order valence-electron chi connectivity index (χ3n) is 5.37. The largest absolute Gasteiger partial charge is 0.375 e. The Kier molecular flexibility index (Phi) is 5.89. The zero-order chi connectivity index (χ0) is 22.8. The molecule has 1 aromatic carbocycles. The first-order valence-corrected chi connectivity index (χ1v) is 10.5. The number of benzene rings is 1. The molecule has 0 spiro atoms. The van der Waals surface area contributed by atoms with Gasteiger partial charge in [-0.2, -0.15) is 5.26 Å². The van der Waals surface area contributed by atoms with E-state index in [1.165, 1.54) is 0 Å². The molecule has 0 bridgehead atoms. The monoisotopic (exact) mass is 444 g/mol. The lowest BCUT2D eigenvalue weighted by molar-refractivity contribution is 0.784. The average Bonchev–Trinajstić information content (AvgIpc) is 2.78. The van der Waals surface area contributed by atoms with E-state index in [1.54, 1.807) is 42.3 Å². The Morgan fingerprint density at radius 3 is 2.66 bits per heavy atom. The van der Waals surface area contributed by atoms with E-state index < -0.39 is 0 Å². The maximum Gasteiger partial charge on any atom is 0.252 e. The van der Waals surface area contributed by atoms with Gasteiger partial charge in [-0.15, -0.1) is 0 Å². The summed E-state index contributed by atoms with van der Waals surface area (Å²) in [6, 6.07) is 11.2. The first-order valence-electron chi connectivity index (χ1n) is 10.1. The van der Waals surface area contributed by atoms with Gasteiger partial charge in [0.15, 0.2) is 0 Å². The predicted octanol–water partition coefficient (Wildman–Crippen LogP) is 4.32. The molecule has 0 aliphatic heterocycles. The van der Waals surface area contributed by atoms with Crippen molar-refractivity contribution < 1.29 is 0 Å². The maximum absolute atomic E-state index is 12.5. The Labute approximate surface area is 190 Å². The van der Waals surface area contributed by atoms with E-state index in [0.29, 0.717) is 23.5 Å². The van der Waals surface area contributed by atoms with Crippen molar-refractivity contribution in [3.63, 3.8) is 0 Å². The van der Waals surface area contributed by atoms with Crippen LogP contribution in [0, 0.1) is 18.3 Å². The highest BCUT2D eigenvalue weighted by Gasteiger charge is 2.14. The highest BCUT2D eigenvalue weighted by atomic mass is 35.5. The zero-order valence-corrected chi connectivity index (χ0v) is 18.7. The van der Waals surface area contributed by atoms with Crippen LogP contribution in [0.2, 0.25) is 5.15 Å². The van der Waals surface area contributed by atoms with E-state index in [9.17, 15) is 10.1 Å². The van der Waals surface area contributed by atoms with Gasteiger partial charge in [0.25, 0.3) is 5.56 Å². The second-order valence-electron chi connectivity index (χ2n) is 7.72. The molecule has 1 unspecified atom stereocenters. The summed E-state index contributed by atoms with van der Waals surface area (Å²) in [6.07, 6.45) is 5.65. The van der Waals surface area contributed by atoms with Gasteiger partial charge in [-0.25, -0.2) is 15.0 Å². The molecule has 0 amide bonds. The number of hydrogen-bond acceptors (Lipinski definition) is 6. The van der Waals surface area contributed by atoms with Crippen molar-refractivity contribution in [3.05, 3.63) is 92.5 Å². The van der Waals surface area contributed by atoms with Gasteiger partial charge >= 0.3 is 0 Å². The Morgan fingerprint density at radius 1 is 1.19 bits per heavy atom. The smallest absolute Gasteiger partial charge is 0.252 e. The number of fused-ring (bicyclic) bond motifs is 1. The van der Waals surface area contributed by atoms with E-state index >= 15 is 0 Å². The van der Waals surface area contributed by atoms with Crippen LogP contribution in [0.15, 0.2) is 53.7 Å². The number of nitrogens with one attached hydrogen (secondary N) is 1. The van der Waals surface area contributed by atoms with Gasteiger partial charge in [0.2, 0.25) is 0 Å². The van der Waals surface area contributed by atoms with Crippen molar-refractivity contribution in [2.75, 3.05) is 5.32 Å². The van der Waals surface area contributed by atoms with E-state index in [0.717, 1.165) is 27.6 Å². The number of aryl methyl sites for hydroxylation is 2. The summed E-state index contributed by atoms with van der Waals surface area (Å²) in [5, 5.41) is 13.9. The molecule has 8 heteroatoms. The lowest BCUT2D eigenvalue weighted by Gasteiger charge is -2.18. The van der Waals surface area contributed by atoms with E-state index in [4.69, 9.17) is 11.6 Å². The highest BCUT2D eigenvalue weighted by Crippen LogP contribution is 2.27. The van der Waals surface area contributed by atoms with Gasteiger partial charge in [-0.1, -0.05) is 17.7 Å². The molecule has 0 radical (unpaired) electrons. The van der Waals surface area contributed by atoms with Gasteiger partial charge in [-0.05, 0) is 55.2 Å². The summed E-state index contributed by atoms with van der Waals surface area (Å²) in [4.78, 5) is 25.3. The van der Waals surface area contributed by atoms with Crippen LogP contribution in [-0.2, 0) is 13.5 Å². The summed E-state index contributed by atoms with van der Waals surface area (Å²) in [5.41, 5.74) is 4.53. The molecule has 3 aromatic heterocycles. The molecule has 0 fully saturated rings. The average molecular weight is 445 g/mol. The van der Waals surface area contributed by atoms with E-state index in [1.807, 2.05) is 32.0 Å². The first kappa shape index (κ1) is 21.5. The van der Waals surface area contributed by atoms with Gasteiger partial charge in [-0.3, -0.25) is 4.79 Å². The van der Waals surface area contributed by atoms with Crippen LogP contribution >= 0.6 is 11.6 Å².